The van der Waals surface area contributed by atoms with Crippen molar-refractivity contribution < 1.29 is 0 Å². The van der Waals surface area contributed by atoms with Gasteiger partial charge in [0.25, 0.3) is 0 Å². The summed E-state index contributed by atoms with van der Waals surface area (Å²) in [6.07, 6.45) is 10.7. The molecule has 4 rings (SSSR count). The zero-order valence-corrected chi connectivity index (χ0v) is 11.9. The van der Waals surface area contributed by atoms with Gasteiger partial charge in [0.2, 0.25) is 5.95 Å². The molecular formula is C17H18N4. The summed E-state index contributed by atoms with van der Waals surface area (Å²) < 4.78 is 0. The Hall–Kier alpha value is -2.23. The van der Waals surface area contributed by atoms with E-state index in [2.05, 4.69) is 27.0 Å². The lowest BCUT2D eigenvalue weighted by atomic mass is 9.86. The molecule has 0 aromatic carbocycles. The second kappa shape index (κ2) is 5.28. The first kappa shape index (κ1) is 12.5. The summed E-state index contributed by atoms with van der Waals surface area (Å²) >= 11 is 0. The monoisotopic (exact) mass is 278 g/mol. The Labute approximate surface area is 124 Å². The Morgan fingerprint density at radius 1 is 0.857 bits per heavy atom. The molecular weight excluding hydrogens is 260 g/mol. The number of aromatic nitrogens is 3. The van der Waals surface area contributed by atoms with E-state index in [0.717, 1.165) is 42.3 Å². The van der Waals surface area contributed by atoms with E-state index in [1.165, 1.54) is 12.8 Å². The van der Waals surface area contributed by atoms with Crippen molar-refractivity contribution in [3.05, 3.63) is 48.8 Å². The van der Waals surface area contributed by atoms with Crippen LogP contribution in [0.3, 0.4) is 0 Å². The molecule has 2 aromatic rings. The van der Waals surface area contributed by atoms with E-state index >= 15 is 0 Å². The van der Waals surface area contributed by atoms with Gasteiger partial charge in [-0.05, 0) is 42.9 Å². The number of fused-ring (bicyclic) bond motifs is 1. The zero-order chi connectivity index (χ0) is 14.1. The van der Waals surface area contributed by atoms with Gasteiger partial charge in [0.15, 0.2) is 0 Å². The van der Waals surface area contributed by atoms with Crippen LogP contribution in [-0.4, -0.2) is 28.0 Å². The maximum absolute atomic E-state index is 4.71. The molecule has 106 valence electrons. The standard InChI is InChI=1S/C17H18N4/c1-2-6-14-12-21(11-13(14)5-1)17-19-10-8-16(20-17)15-7-3-4-9-18-15/h1-4,7-10,13-14H,5-6,11-12H2/t13-,14+. The van der Waals surface area contributed by atoms with Crippen LogP contribution < -0.4 is 4.90 Å². The molecule has 2 aliphatic rings. The first-order valence-corrected chi connectivity index (χ1v) is 7.54. The lowest BCUT2D eigenvalue weighted by Crippen LogP contribution is -2.22. The highest BCUT2D eigenvalue weighted by molar-refractivity contribution is 5.55. The van der Waals surface area contributed by atoms with Crippen LogP contribution in [0.25, 0.3) is 11.4 Å². The Morgan fingerprint density at radius 3 is 2.38 bits per heavy atom. The molecule has 3 heterocycles. The summed E-state index contributed by atoms with van der Waals surface area (Å²) in [4.78, 5) is 15.9. The van der Waals surface area contributed by atoms with Gasteiger partial charge in [-0.2, -0.15) is 0 Å². The fourth-order valence-corrected chi connectivity index (χ4v) is 3.34. The quantitative estimate of drug-likeness (QED) is 0.792. The number of pyridine rings is 1. The fraction of sp³-hybridized carbons (Fsp3) is 0.353. The van der Waals surface area contributed by atoms with Gasteiger partial charge < -0.3 is 4.90 Å². The van der Waals surface area contributed by atoms with Gasteiger partial charge >= 0.3 is 0 Å². The smallest absolute Gasteiger partial charge is 0.225 e. The molecule has 1 fully saturated rings. The maximum Gasteiger partial charge on any atom is 0.225 e. The minimum atomic E-state index is 0.761. The Morgan fingerprint density at radius 2 is 1.67 bits per heavy atom. The lowest BCUT2D eigenvalue weighted by Gasteiger charge is -2.17. The van der Waals surface area contributed by atoms with E-state index < -0.39 is 0 Å². The largest absolute Gasteiger partial charge is 0.340 e. The molecule has 4 nitrogen and oxygen atoms in total. The van der Waals surface area contributed by atoms with Crippen molar-refractivity contribution >= 4 is 5.95 Å². The molecule has 0 radical (unpaired) electrons. The van der Waals surface area contributed by atoms with Gasteiger partial charge in [-0.1, -0.05) is 18.2 Å². The lowest BCUT2D eigenvalue weighted by molar-refractivity contribution is 0.411. The summed E-state index contributed by atoms with van der Waals surface area (Å²) in [7, 11) is 0. The number of hydrogen-bond donors (Lipinski definition) is 0. The van der Waals surface area contributed by atoms with E-state index in [1.54, 1.807) is 6.20 Å². The van der Waals surface area contributed by atoms with Gasteiger partial charge in [0.05, 0.1) is 11.4 Å². The fourth-order valence-electron chi connectivity index (χ4n) is 3.34. The van der Waals surface area contributed by atoms with Gasteiger partial charge in [-0.15, -0.1) is 0 Å². The van der Waals surface area contributed by atoms with Crippen LogP contribution >= 0.6 is 0 Å². The predicted molar refractivity (Wildman–Crippen MR) is 82.8 cm³/mol. The molecule has 4 heteroatoms. The molecule has 21 heavy (non-hydrogen) atoms. The molecule has 2 atom stereocenters. The summed E-state index contributed by atoms with van der Waals surface area (Å²) in [6, 6.07) is 7.82. The molecule has 0 bridgehead atoms. The highest BCUT2D eigenvalue weighted by atomic mass is 15.3. The van der Waals surface area contributed by atoms with Crippen molar-refractivity contribution in [2.24, 2.45) is 11.8 Å². The molecule has 0 N–H and O–H groups in total. The van der Waals surface area contributed by atoms with E-state index in [1.807, 2.05) is 30.5 Å². The third kappa shape index (κ3) is 2.42. The number of anilines is 1. The van der Waals surface area contributed by atoms with Crippen molar-refractivity contribution in [2.75, 3.05) is 18.0 Å². The molecule has 1 aliphatic carbocycles. The van der Waals surface area contributed by atoms with Crippen molar-refractivity contribution in [3.63, 3.8) is 0 Å². The van der Waals surface area contributed by atoms with Gasteiger partial charge in [0.1, 0.15) is 0 Å². The number of allylic oxidation sites excluding steroid dienone is 2. The number of rotatable bonds is 2. The molecule has 0 unspecified atom stereocenters. The van der Waals surface area contributed by atoms with Crippen LogP contribution in [-0.2, 0) is 0 Å². The summed E-state index contributed by atoms with van der Waals surface area (Å²) in [6.45, 7) is 2.14. The normalized spacial score (nSPS) is 24.1. The Bertz CT molecular complexity index is 637. The first-order valence-electron chi connectivity index (χ1n) is 7.54. The molecule has 0 saturated carbocycles. The molecule has 0 spiro atoms. The molecule has 0 amide bonds. The van der Waals surface area contributed by atoms with Crippen molar-refractivity contribution in [1.29, 1.82) is 0 Å². The van der Waals surface area contributed by atoms with E-state index in [0.29, 0.717) is 0 Å². The van der Waals surface area contributed by atoms with E-state index in [4.69, 9.17) is 4.98 Å². The van der Waals surface area contributed by atoms with Crippen LogP contribution in [0, 0.1) is 11.8 Å². The third-order valence-corrected chi connectivity index (χ3v) is 4.47. The number of nitrogens with zero attached hydrogens (tertiary/aromatic N) is 4. The molecule has 1 saturated heterocycles. The number of hydrogen-bond acceptors (Lipinski definition) is 4. The minimum absolute atomic E-state index is 0.761. The predicted octanol–water partition coefficient (Wildman–Crippen LogP) is 2.94. The molecule has 2 aromatic heterocycles. The summed E-state index contributed by atoms with van der Waals surface area (Å²) in [5.74, 6) is 2.36. The van der Waals surface area contributed by atoms with Crippen LogP contribution in [0.5, 0.6) is 0 Å². The van der Waals surface area contributed by atoms with E-state index in [9.17, 15) is 0 Å². The second-order valence-corrected chi connectivity index (χ2v) is 5.82. The van der Waals surface area contributed by atoms with Gasteiger partial charge in [-0.25, -0.2) is 9.97 Å². The highest BCUT2D eigenvalue weighted by Crippen LogP contribution is 2.34. The zero-order valence-electron chi connectivity index (χ0n) is 11.9. The van der Waals surface area contributed by atoms with Crippen molar-refractivity contribution in [1.82, 2.24) is 15.0 Å². The Kier molecular flexibility index (Phi) is 3.14. The van der Waals surface area contributed by atoms with Crippen LogP contribution in [0.2, 0.25) is 0 Å². The minimum Gasteiger partial charge on any atom is -0.340 e. The summed E-state index contributed by atoms with van der Waals surface area (Å²) in [5, 5.41) is 0. The van der Waals surface area contributed by atoms with E-state index in [-0.39, 0.29) is 0 Å². The van der Waals surface area contributed by atoms with Crippen molar-refractivity contribution in [3.8, 4) is 11.4 Å². The topological polar surface area (TPSA) is 41.9 Å². The average Bonchev–Trinajstić information content (AvgIpc) is 3.00. The SMILES string of the molecule is C1=CC[C@H]2CN(c3nccc(-c4ccccn4)n3)C[C@H]2C1. The van der Waals surface area contributed by atoms with Crippen LogP contribution in [0.1, 0.15) is 12.8 Å². The van der Waals surface area contributed by atoms with Crippen molar-refractivity contribution in [2.45, 2.75) is 12.8 Å². The third-order valence-electron chi connectivity index (χ3n) is 4.47. The van der Waals surface area contributed by atoms with Crippen LogP contribution in [0.4, 0.5) is 5.95 Å². The van der Waals surface area contributed by atoms with Gasteiger partial charge in [0, 0.05) is 25.5 Å². The molecule has 1 aliphatic heterocycles. The highest BCUT2D eigenvalue weighted by Gasteiger charge is 2.33. The second-order valence-electron chi connectivity index (χ2n) is 5.82. The summed E-state index contributed by atoms with van der Waals surface area (Å²) in [5.41, 5.74) is 1.80. The Balaban J connectivity index is 1.59. The maximum atomic E-state index is 4.71. The first-order chi connectivity index (χ1) is 10.4. The van der Waals surface area contributed by atoms with Crippen LogP contribution in [0.15, 0.2) is 48.8 Å². The van der Waals surface area contributed by atoms with Gasteiger partial charge in [-0.3, -0.25) is 4.98 Å². The average molecular weight is 278 g/mol.